The molecule has 1 aromatic rings. The molecule has 2 rings (SSSR count). The highest BCUT2D eigenvalue weighted by atomic mass is 16.5. The van der Waals surface area contributed by atoms with E-state index >= 15 is 0 Å². The number of piperazine rings is 1. The second-order valence-electron chi connectivity index (χ2n) is 4.75. The lowest BCUT2D eigenvalue weighted by atomic mass is 10.3. The molecule has 0 saturated carbocycles. The molecule has 1 saturated heterocycles. The number of hydrogen-bond acceptors (Lipinski definition) is 6. The van der Waals surface area contributed by atoms with Crippen LogP contribution in [0.1, 0.15) is 6.92 Å². The summed E-state index contributed by atoms with van der Waals surface area (Å²) in [5.74, 6) is 1.45. The fourth-order valence-electron chi connectivity index (χ4n) is 2.08. The molecule has 0 aliphatic carbocycles. The van der Waals surface area contributed by atoms with Crippen LogP contribution in [0, 0.1) is 0 Å². The molecule has 106 valence electrons. The second kappa shape index (κ2) is 7.25. The van der Waals surface area contributed by atoms with Gasteiger partial charge in [0.1, 0.15) is 12.1 Å². The number of anilines is 1. The molecule has 0 radical (unpaired) electrons. The van der Waals surface area contributed by atoms with Gasteiger partial charge in [-0.3, -0.25) is 4.90 Å². The summed E-state index contributed by atoms with van der Waals surface area (Å²) in [6.07, 6.45) is 1.53. The Bertz CT molecular complexity index is 379. The fraction of sp³-hybridized carbons (Fsp3) is 0.692. The molecule has 0 aromatic carbocycles. The molecular formula is C13H23N5O. The summed E-state index contributed by atoms with van der Waals surface area (Å²) in [6.45, 7) is 9.11. The van der Waals surface area contributed by atoms with Crippen molar-refractivity contribution < 1.29 is 4.74 Å². The van der Waals surface area contributed by atoms with Gasteiger partial charge in [-0.1, -0.05) is 0 Å². The number of nitrogens with zero attached hydrogens (tertiary/aromatic N) is 4. The van der Waals surface area contributed by atoms with Gasteiger partial charge in [-0.15, -0.1) is 0 Å². The molecule has 1 N–H and O–H groups in total. The number of rotatable bonds is 6. The van der Waals surface area contributed by atoms with Gasteiger partial charge >= 0.3 is 0 Å². The SMILES string of the molecule is CCOc1cc(NCCN2CCN(C)CC2)ncn1. The summed E-state index contributed by atoms with van der Waals surface area (Å²) in [5, 5.41) is 3.32. The van der Waals surface area contributed by atoms with Crippen LogP contribution in [-0.2, 0) is 0 Å². The highest BCUT2D eigenvalue weighted by Gasteiger charge is 2.12. The van der Waals surface area contributed by atoms with Crippen LogP contribution in [0.5, 0.6) is 5.88 Å². The molecule has 0 amide bonds. The average molecular weight is 265 g/mol. The van der Waals surface area contributed by atoms with E-state index in [2.05, 4.69) is 32.1 Å². The highest BCUT2D eigenvalue weighted by Crippen LogP contribution is 2.10. The molecule has 2 heterocycles. The van der Waals surface area contributed by atoms with Crippen LogP contribution in [-0.4, -0.2) is 72.7 Å². The molecule has 1 aliphatic heterocycles. The maximum absolute atomic E-state index is 5.35. The molecule has 6 nitrogen and oxygen atoms in total. The maximum Gasteiger partial charge on any atom is 0.218 e. The van der Waals surface area contributed by atoms with Gasteiger partial charge in [0.05, 0.1) is 6.61 Å². The van der Waals surface area contributed by atoms with Crippen LogP contribution in [0.25, 0.3) is 0 Å². The lowest BCUT2D eigenvalue weighted by Gasteiger charge is -2.32. The van der Waals surface area contributed by atoms with Crippen LogP contribution < -0.4 is 10.1 Å². The number of ether oxygens (including phenoxy) is 1. The van der Waals surface area contributed by atoms with Crippen LogP contribution in [0.3, 0.4) is 0 Å². The summed E-state index contributed by atoms with van der Waals surface area (Å²) < 4.78 is 5.35. The quantitative estimate of drug-likeness (QED) is 0.810. The minimum atomic E-state index is 0.623. The minimum absolute atomic E-state index is 0.623. The maximum atomic E-state index is 5.35. The zero-order chi connectivity index (χ0) is 13.5. The molecule has 1 aromatic heterocycles. The average Bonchev–Trinajstić information content (AvgIpc) is 2.42. The first-order chi connectivity index (χ1) is 9.28. The van der Waals surface area contributed by atoms with Crippen molar-refractivity contribution >= 4 is 5.82 Å². The summed E-state index contributed by atoms with van der Waals surface area (Å²) in [5.41, 5.74) is 0. The van der Waals surface area contributed by atoms with E-state index in [-0.39, 0.29) is 0 Å². The molecule has 0 spiro atoms. The van der Waals surface area contributed by atoms with Gasteiger partial charge in [0.25, 0.3) is 0 Å². The molecule has 1 aliphatic rings. The summed E-state index contributed by atoms with van der Waals surface area (Å²) in [6, 6.07) is 1.84. The van der Waals surface area contributed by atoms with E-state index in [0.717, 1.165) is 45.1 Å². The molecule has 0 unspecified atom stereocenters. The Morgan fingerprint density at radius 1 is 1.26 bits per heavy atom. The lowest BCUT2D eigenvalue weighted by Crippen LogP contribution is -2.45. The van der Waals surface area contributed by atoms with E-state index in [1.54, 1.807) is 0 Å². The summed E-state index contributed by atoms with van der Waals surface area (Å²) in [4.78, 5) is 13.1. The number of likely N-dealkylation sites (N-methyl/N-ethyl adjacent to an activating group) is 1. The largest absolute Gasteiger partial charge is 0.478 e. The predicted octanol–water partition coefficient (Wildman–Crippen LogP) is 0.535. The highest BCUT2D eigenvalue weighted by molar-refractivity contribution is 5.36. The van der Waals surface area contributed by atoms with Crippen molar-refractivity contribution in [3.8, 4) is 5.88 Å². The van der Waals surface area contributed by atoms with Gasteiger partial charge in [-0.25, -0.2) is 9.97 Å². The Balaban J connectivity index is 1.71. The zero-order valence-electron chi connectivity index (χ0n) is 11.8. The molecule has 1 fully saturated rings. The number of hydrogen-bond donors (Lipinski definition) is 1. The Hall–Kier alpha value is -1.40. The Morgan fingerprint density at radius 3 is 2.79 bits per heavy atom. The van der Waals surface area contributed by atoms with Gasteiger partial charge < -0.3 is 15.0 Å². The van der Waals surface area contributed by atoms with Crippen LogP contribution in [0.2, 0.25) is 0 Å². The van der Waals surface area contributed by atoms with Crippen LogP contribution in [0.15, 0.2) is 12.4 Å². The van der Waals surface area contributed by atoms with Crippen molar-refractivity contribution in [1.82, 2.24) is 19.8 Å². The topological polar surface area (TPSA) is 53.5 Å². The van der Waals surface area contributed by atoms with Gasteiger partial charge in [0.15, 0.2) is 0 Å². The van der Waals surface area contributed by atoms with E-state index in [4.69, 9.17) is 4.74 Å². The summed E-state index contributed by atoms with van der Waals surface area (Å²) >= 11 is 0. The van der Waals surface area contributed by atoms with Gasteiger partial charge in [-0.05, 0) is 14.0 Å². The van der Waals surface area contributed by atoms with Crippen molar-refractivity contribution in [1.29, 1.82) is 0 Å². The fourth-order valence-corrected chi connectivity index (χ4v) is 2.08. The van der Waals surface area contributed by atoms with Gasteiger partial charge in [0.2, 0.25) is 5.88 Å². The van der Waals surface area contributed by atoms with Crippen LogP contribution in [0.4, 0.5) is 5.82 Å². The lowest BCUT2D eigenvalue weighted by molar-refractivity contribution is 0.158. The predicted molar refractivity (Wildman–Crippen MR) is 75.6 cm³/mol. The zero-order valence-corrected chi connectivity index (χ0v) is 11.8. The molecular weight excluding hydrogens is 242 g/mol. The number of aromatic nitrogens is 2. The third kappa shape index (κ3) is 4.65. The van der Waals surface area contributed by atoms with E-state index < -0.39 is 0 Å². The van der Waals surface area contributed by atoms with E-state index in [9.17, 15) is 0 Å². The summed E-state index contributed by atoms with van der Waals surface area (Å²) in [7, 11) is 2.17. The standard InChI is InChI=1S/C13H23N5O/c1-3-19-13-10-12(15-11-16-13)14-4-5-18-8-6-17(2)7-9-18/h10-11H,3-9H2,1-2H3,(H,14,15,16). The van der Waals surface area contributed by atoms with Crippen molar-refractivity contribution in [2.75, 3.05) is 58.2 Å². The Labute approximate surface area is 114 Å². The third-order valence-corrected chi connectivity index (χ3v) is 3.26. The monoisotopic (exact) mass is 265 g/mol. The molecule has 19 heavy (non-hydrogen) atoms. The first kappa shape index (κ1) is 14.0. The van der Waals surface area contributed by atoms with Crippen molar-refractivity contribution in [3.05, 3.63) is 12.4 Å². The van der Waals surface area contributed by atoms with E-state index in [0.29, 0.717) is 12.5 Å². The molecule has 0 atom stereocenters. The molecule has 6 heteroatoms. The van der Waals surface area contributed by atoms with E-state index in [1.165, 1.54) is 6.33 Å². The number of nitrogens with one attached hydrogen (secondary N) is 1. The van der Waals surface area contributed by atoms with Crippen LogP contribution >= 0.6 is 0 Å². The Morgan fingerprint density at radius 2 is 2.05 bits per heavy atom. The van der Waals surface area contributed by atoms with E-state index in [1.807, 2.05) is 13.0 Å². The van der Waals surface area contributed by atoms with Crippen molar-refractivity contribution in [3.63, 3.8) is 0 Å². The first-order valence-corrected chi connectivity index (χ1v) is 6.87. The molecule has 0 bridgehead atoms. The van der Waals surface area contributed by atoms with Crippen molar-refractivity contribution in [2.45, 2.75) is 6.92 Å². The minimum Gasteiger partial charge on any atom is -0.478 e. The second-order valence-corrected chi connectivity index (χ2v) is 4.75. The van der Waals surface area contributed by atoms with Gasteiger partial charge in [-0.2, -0.15) is 0 Å². The first-order valence-electron chi connectivity index (χ1n) is 6.87. The van der Waals surface area contributed by atoms with Gasteiger partial charge in [0, 0.05) is 45.3 Å². The Kier molecular flexibility index (Phi) is 5.35. The van der Waals surface area contributed by atoms with Crippen molar-refractivity contribution in [2.24, 2.45) is 0 Å². The normalized spacial score (nSPS) is 17.4. The third-order valence-electron chi connectivity index (χ3n) is 3.26. The smallest absolute Gasteiger partial charge is 0.218 e.